The summed E-state index contributed by atoms with van der Waals surface area (Å²) in [7, 11) is 0. The fourth-order valence-electron chi connectivity index (χ4n) is 2.40. The molecule has 0 atom stereocenters. The van der Waals surface area contributed by atoms with Gasteiger partial charge < -0.3 is 14.9 Å². The smallest absolute Gasteiger partial charge is 0.276 e. The second-order valence-corrected chi connectivity index (χ2v) is 6.34. The van der Waals surface area contributed by atoms with Gasteiger partial charge in [0.1, 0.15) is 17.2 Å². The molecule has 0 saturated heterocycles. The number of benzene rings is 2. The molecular weight excluding hydrogens is 332 g/mol. The highest BCUT2D eigenvalue weighted by Gasteiger charge is 2.11. The largest absolute Gasteiger partial charge is 0.508 e. The minimum Gasteiger partial charge on any atom is -0.508 e. The third-order valence-corrected chi connectivity index (χ3v) is 3.81. The zero-order valence-corrected chi connectivity index (χ0v) is 15.2. The highest BCUT2D eigenvalue weighted by molar-refractivity contribution is 5.79. The summed E-state index contributed by atoms with van der Waals surface area (Å²) in [6, 6.07) is 9.95. The summed E-state index contributed by atoms with van der Waals surface area (Å²) in [4.78, 5) is 12.0. The van der Waals surface area contributed by atoms with Crippen LogP contribution in [0.5, 0.6) is 17.2 Å². The molecule has 0 aliphatic heterocycles. The first-order chi connectivity index (χ1) is 12.3. The van der Waals surface area contributed by atoms with E-state index in [1.807, 2.05) is 25.1 Å². The van der Waals surface area contributed by atoms with Crippen LogP contribution >= 0.6 is 0 Å². The Labute approximate surface area is 153 Å². The molecule has 6 nitrogen and oxygen atoms in total. The van der Waals surface area contributed by atoms with E-state index in [-0.39, 0.29) is 35.3 Å². The van der Waals surface area contributed by atoms with E-state index < -0.39 is 5.91 Å². The summed E-state index contributed by atoms with van der Waals surface area (Å²) < 4.78 is 5.65. The quantitative estimate of drug-likeness (QED) is 0.452. The number of carbonyl (C=O) groups is 1. The van der Waals surface area contributed by atoms with Crippen LogP contribution in [0.4, 0.5) is 0 Å². The maximum Gasteiger partial charge on any atom is 0.276 e. The van der Waals surface area contributed by atoms with Gasteiger partial charge in [0.25, 0.3) is 5.91 Å². The Hall–Kier alpha value is -3.15. The Morgan fingerprint density at radius 3 is 2.58 bits per heavy atom. The van der Waals surface area contributed by atoms with E-state index in [1.165, 1.54) is 18.2 Å². The van der Waals surface area contributed by atoms with Gasteiger partial charge in [-0.05, 0) is 48.2 Å². The summed E-state index contributed by atoms with van der Waals surface area (Å²) in [5, 5.41) is 19.3. The second-order valence-electron chi connectivity index (χ2n) is 6.34. The first kappa shape index (κ1) is 19.2. The van der Waals surface area contributed by atoms with Crippen molar-refractivity contribution in [2.75, 3.05) is 6.61 Å². The lowest BCUT2D eigenvalue weighted by atomic mass is 10.0. The van der Waals surface area contributed by atoms with Crippen LogP contribution in [0.3, 0.4) is 0 Å². The molecule has 0 heterocycles. The van der Waals surface area contributed by atoms with Crippen molar-refractivity contribution < 1.29 is 19.7 Å². The molecule has 0 unspecified atom stereocenters. The summed E-state index contributed by atoms with van der Waals surface area (Å²) in [5.41, 5.74) is 7.67. The first-order valence-corrected chi connectivity index (χ1v) is 8.27. The molecule has 0 fully saturated rings. The number of phenolic OH excluding ortho intramolecular Hbond substituents is 2. The first-order valence-electron chi connectivity index (χ1n) is 8.27. The van der Waals surface area contributed by atoms with Crippen molar-refractivity contribution in [3.8, 4) is 17.2 Å². The molecule has 0 radical (unpaired) electrons. The summed E-state index contributed by atoms with van der Waals surface area (Å²) in [6.45, 7) is 9.64. The van der Waals surface area contributed by atoms with Gasteiger partial charge in [-0.15, -0.1) is 0 Å². The van der Waals surface area contributed by atoms with Crippen molar-refractivity contribution in [1.82, 2.24) is 10.9 Å². The number of hydrazine groups is 1. The van der Waals surface area contributed by atoms with Crippen LogP contribution in [0.25, 0.3) is 5.70 Å². The molecule has 2 aromatic carbocycles. The van der Waals surface area contributed by atoms with Crippen molar-refractivity contribution in [2.24, 2.45) is 0 Å². The molecule has 2 rings (SSSR count). The minimum atomic E-state index is -0.401. The zero-order chi connectivity index (χ0) is 19.3. The van der Waals surface area contributed by atoms with Crippen LogP contribution < -0.4 is 15.6 Å². The van der Waals surface area contributed by atoms with Crippen molar-refractivity contribution in [1.29, 1.82) is 0 Å². The van der Waals surface area contributed by atoms with Gasteiger partial charge in [-0.25, -0.2) is 0 Å². The molecule has 0 saturated carbocycles. The molecule has 2 aromatic rings. The predicted molar refractivity (Wildman–Crippen MR) is 101 cm³/mol. The molecule has 1 amide bonds. The number of phenols is 2. The number of rotatable bonds is 7. The molecule has 6 heteroatoms. The van der Waals surface area contributed by atoms with E-state index in [0.29, 0.717) is 5.75 Å². The van der Waals surface area contributed by atoms with Gasteiger partial charge in [-0.1, -0.05) is 32.6 Å². The number of aryl methyl sites for hydroxylation is 1. The normalized spacial score (nSPS) is 10.5. The van der Waals surface area contributed by atoms with Gasteiger partial charge >= 0.3 is 0 Å². The van der Waals surface area contributed by atoms with Gasteiger partial charge in [0.15, 0.2) is 6.61 Å². The number of aromatic hydroxyl groups is 2. The highest BCUT2D eigenvalue weighted by atomic mass is 16.5. The van der Waals surface area contributed by atoms with E-state index in [4.69, 9.17) is 4.74 Å². The van der Waals surface area contributed by atoms with Crippen molar-refractivity contribution in [3.63, 3.8) is 0 Å². The number of hydrogen-bond donors (Lipinski definition) is 4. The van der Waals surface area contributed by atoms with Crippen molar-refractivity contribution >= 4 is 11.6 Å². The maximum absolute atomic E-state index is 12.0. The van der Waals surface area contributed by atoms with Crippen LogP contribution in [-0.4, -0.2) is 22.7 Å². The van der Waals surface area contributed by atoms with Gasteiger partial charge in [-0.3, -0.25) is 15.6 Å². The molecule has 0 aliphatic carbocycles. The van der Waals surface area contributed by atoms with Crippen LogP contribution in [0.15, 0.2) is 43.0 Å². The zero-order valence-electron chi connectivity index (χ0n) is 15.2. The summed E-state index contributed by atoms with van der Waals surface area (Å²) in [5.74, 6) is 0.477. The SMILES string of the molecule is C=C(NNC(=O)COc1cc(C)ccc1C(C)C)c1cc(O)ccc1O. The molecule has 0 aliphatic rings. The van der Waals surface area contributed by atoms with Crippen LogP contribution in [0.2, 0.25) is 0 Å². The average Bonchev–Trinajstić information content (AvgIpc) is 2.59. The predicted octanol–water partition coefficient (Wildman–Crippen LogP) is 3.20. The lowest BCUT2D eigenvalue weighted by molar-refractivity contribution is -0.123. The van der Waals surface area contributed by atoms with E-state index in [0.717, 1.165) is 11.1 Å². The number of ether oxygens (including phenoxy) is 1. The highest BCUT2D eigenvalue weighted by Crippen LogP contribution is 2.28. The average molecular weight is 356 g/mol. The van der Waals surface area contributed by atoms with E-state index in [1.54, 1.807) is 0 Å². The van der Waals surface area contributed by atoms with Crippen molar-refractivity contribution in [2.45, 2.75) is 26.7 Å². The molecule has 0 aromatic heterocycles. The Kier molecular flexibility index (Phi) is 6.11. The van der Waals surface area contributed by atoms with E-state index >= 15 is 0 Å². The van der Waals surface area contributed by atoms with Crippen LogP contribution in [0, 0.1) is 6.92 Å². The fourth-order valence-corrected chi connectivity index (χ4v) is 2.40. The molecule has 0 bridgehead atoms. The number of amides is 1. The Balaban J connectivity index is 1.93. The summed E-state index contributed by atoms with van der Waals surface area (Å²) >= 11 is 0. The van der Waals surface area contributed by atoms with Gasteiger partial charge in [0.2, 0.25) is 0 Å². The Morgan fingerprint density at radius 1 is 1.15 bits per heavy atom. The summed E-state index contributed by atoms with van der Waals surface area (Å²) in [6.07, 6.45) is 0. The van der Waals surface area contributed by atoms with Crippen molar-refractivity contribution in [3.05, 3.63) is 59.7 Å². The maximum atomic E-state index is 12.0. The van der Waals surface area contributed by atoms with E-state index in [2.05, 4.69) is 31.3 Å². The number of hydrogen-bond acceptors (Lipinski definition) is 5. The minimum absolute atomic E-state index is 0.0175. The Bertz CT molecular complexity index is 815. The fraction of sp³-hybridized carbons (Fsp3) is 0.250. The number of carbonyl (C=O) groups excluding carboxylic acids is 1. The standard InChI is InChI=1S/C20H24N2O4/c1-12(2)16-7-5-13(3)9-19(16)26-11-20(25)22-21-14(4)17-10-15(23)6-8-18(17)24/h5-10,12,21,23-24H,4,11H2,1-3H3,(H,22,25). The monoisotopic (exact) mass is 356 g/mol. The molecule has 138 valence electrons. The van der Waals surface area contributed by atoms with Gasteiger partial charge in [0, 0.05) is 5.56 Å². The molecule has 0 spiro atoms. The third-order valence-electron chi connectivity index (χ3n) is 3.81. The van der Waals surface area contributed by atoms with Gasteiger partial charge in [-0.2, -0.15) is 0 Å². The lowest BCUT2D eigenvalue weighted by Crippen LogP contribution is -2.39. The Morgan fingerprint density at radius 2 is 1.88 bits per heavy atom. The van der Waals surface area contributed by atoms with Crippen LogP contribution in [-0.2, 0) is 4.79 Å². The lowest BCUT2D eigenvalue weighted by Gasteiger charge is -2.16. The topological polar surface area (TPSA) is 90.8 Å². The molecular formula is C20H24N2O4. The molecule has 26 heavy (non-hydrogen) atoms. The second kappa shape index (κ2) is 8.29. The third kappa shape index (κ3) is 4.92. The van der Waals surface area contributed by atoms with Gasteiger partial charge in [0.05, 0.1) is 5.70 Å². The van der Waals surface area contributed by atoms with Crippen LogP contribution in [0.1, 0.15) is 36.5 Å². The van der Waals surface area contributed by atoms with E-state index in [9.17, 15) is 15.0 Å². The number of nitrogens with one attached hydrogen (secondary N) is 2. The molecule has 4 N–H and O–H groups in total.